The van der Waals surface area contributed by atoms with E-state index >= 15 is 0 Å². The van der Waals surface area contributed by atoms with Crippen LogP contribution < -0.4 is 5.32 Å². The Kier molecular flexibility index (Phi) is 5.18. The highest BCUT2D eigenvalue weighted by Crippen LogP contribution is 2.52. The van der Waals surface area contributed by atoms with E-state index in [2.05, 4.69) is 59.4 Å². The molecular formula is C25H34N4O. The topological polar surface area (TPSA) is 50.2 Å². The molecule has 30 heavy (non-hydrogen) atoms. The Labute approximate surface area is 179 Å². The Morgan fingerprint density at radius 2 is 2.03 bits per heavy atom. The van der Waals surface area contributed by atoms with E-state index in [1.807, 2.05) is 17.0 Å². The maximum atomic E-state index is 13.7. The van der Waals surface area contributed by atoms with Crippen molar-refractivity contribution in [3.05, 3.63) is 54.1 Å². The van der Waals surface area contributed by atoms with Crippen LogP contribution in [0.25, 0.3) is 0 Å². The average Bonchev–Trinajstić information content (AvgIpc) is 3.25. The van der Waals surface area contributed by atoms with Gasteiger partial charge in [0.15, 0.2) is 0 Å². The fraction of sp³-hybridized carbons (Fsp3) is 0.600. The number of aromatic nitrogens is 2. The standard InChI is InChI=1S/C25H34N4O/c1-3-23-26-13-14-28(23)17-24(30)29-20-16-25(2)21(11-7-8-12-22(25)29)27-19(20)15-18-9-5-4-6-10-18/h4-6,9-10,13-14,19-22,27H,3,7-8,11-12,15-17H2,1-2H3/t19-,20-,21+,22-,25+/m0/s1. The lowest BCUT2D eigenvalue weighted by atomic mass is 9.70. The first-order chi connectivity index (χ1) is 14.6. The smallest absolute Gasteiger partial charge is 0.243 e. The maximum absolute atomic E-state index is 13.7. The molecule has 5 rings (SSSR count). The molecule has 1 aliphatic carbocycles. The third-order valence-electron chi connectivity index (χ3n) is 8.01. The van der Waals surface area contributed by atoms with Crippen LogP contribution in [0, 0.1) is 5.41 Å². The summed E-state index contributed by atoms with van der Waals surface area (Å²) in [7, 11) is 0. The van der Waals surface area contributed by atoms with E-state index in [0.29, 0.717) is 24.7 Å². The van der Waals surface area contributed by atoms with Crippen LogP contribution in [0.1, 0.15) is 57.3 Å². The zero-order valence-corrected chi connectivity index (χ0v) is 18.3. The van der Waals surface area contributed by atoms with Gasteiger partial charge >= 0.3 is 0 Å². The van der Waals surface area contributed by atoms with Gasteiger partial charge in [0.05, 0.1) is 0 Å². The van der Waals surface area contributed by atoms with Crippen LogP contribution in [0.5, 0.6) is 0 Å². The van der Waals surface area contributed by atoms with Gasteiger partial charge in [0, 0.05) is 48.4 Å². The molecule has 3 fully saturated rings. The van der Waals surface area contributed by atoms with Gasteiger partial charge in [-0.15, -0.1) is 0 Å². The van der Waals surface area contributed by atoms with Crippen molar-refractivity contribution in [3.8, 4) is 0 Å². The number of piperidine rings is 1. The van der Waals surface area contributed by atoms with Gasteiger partial charge < -0.3 is 14.8 Å². The summed E-state index contributed by atoms with van der Waals surface area (Å²) in [5.74, 6) is 1.26. The van der Waals surface area contributed by atoms with Crippen molar-refractivity contribution in [1.29, 1.82) is 0 Å². The minimum Gasteiger partial charge on any atom is -0.333 e. The number of hydrogen-bond donors (Lipinski definition) is 1. The molecule has 0 spiro atoms. The SMILES string of the molecule is CCc1nccn1CC(=O)N1[C@H]2CCCC[C@H]3N[C@@H](Cc4ccccc4)[C@@H]1C[C@@]23C. The molecule has 1 N–H and O–H groups in total. The van der Waals surface area contributed by atoms with Crippen LogP contribution in [0.2, 0.25) is 0 Å². The number of likely N-dealkylation sites (tertiary alicyclic amines) is 1. The van der Waals surface area contributed by atoms with Crippen molar-refractivity contribution >= 4 is 5.91 Å². The number of rotatable bonds is 5. The molecule has 1 aromatic carbocycles. The van der Waals surface area contributed by atoms with Crippen molar-refractivity contribution in [2.75, 3.05) is 0 Å². The first-order valence-corrected chi connectivity index (χ1v) is 11.7. The molecule has 160 valence electrons. The first kappa shape index (κ1) is 19.8. The predicted octanol–water partition coefficient (Wildman–Crippen LogP) is 3.58. The van der Waals surface area contributed by atoms with Crippen LogP contribution in [0.15, 0.2) is 42.7 Å². The summed E-state index contributed by atoms with van der Waals surface area (Å²) in [4.78, 5) is 20.5. The molecule has 3 heterocycles. The summed E-state index contributed by atoms with van der Waals surface area (Å²) in [6.07, 6.45) is 11.6. The number of benzene rings is 1. The van der Waals surface area contributed by atoms with E-state index in [9.17, 15) is 4.79 Å². The lowest BCUT2D eigenvalue weighted by molar-refractivity contribution is -0.135. The summed E-state index contributed by atoms with van der Waals surface area (Å²) >= 11 is 0. The van der Waals surface area contributed by atoms with Crippen molar-refractivity contribution in [2.45, 2.75) is 89.5 Å². The van der Waals surface area contributed by atoms with Crippen molar-refractivity contribution in [3.63, 3.8) is 0 Å². The number of imidazole rings is 1. The molecule has 3 aliphatic rings. The normalized spacial score (nSPS) is 32.8. The summed E-state index contributed by atoms with van der Waals surface area (Å²) in [5.41, 5.74) is 1.54. The molecule has 2 aromatic rings. The molecule has 2 bridgehead atoms. The second-order valence-corrected chi connectivity index (χ2v) is 9.72. The molecule has 2 aliphatic heterocycles. The van der Waals surface area contributed by atoms with E-state index in [0.717, 1.165) is 31.5 Å². The number of aryl methyl sites for hydroxylation is 1. The van der Waals surface area contributed by atoms with Gasteiger partial charge in [0.25, 0.3) is 0 Å². The molecule has 5 heteroatoms. The quantitative estimate of drug-likeness (QED) is 0.826. The molecule has 1 saturated carbocycles. The second kappa shape index (κ2) is 7.84. The molecule has 1 aromatic heterocycles. The molecule has 0 unspecified atom stereocenters. The van der Waals surface area contributed by atoms with Gasteiger partial charge in [0.2, 0.25) is 5.91 Å². The number of amides is 1. The van der Waals surface area contributed by atoms with Crippen molar-refractivity contribution in [2.24, 2.45) is 5.41 Å². The largest absolute Gasteiger partial charge is 0.333 e. The molecule has 2 saturated heterocycles. The summed E-state index contributed by atoms with van der Waals surface area (Å²) in [5, 5.41) is 4.03. The highest BCUT2D eigenvalue weighted by atomic mass is 16.2. The Morgan fingerprint density at radius 3 is 2.83 bits per heavy atom. The summed E-state index contributed by atoms with van der Waals surface area (Å²) in [6.45, 7) is 4.95. The van der Waals surface area contributed by atoms with E-state index in [1.54, 1.807) is 0 Å². The number of carbonyl (C=O) groups excluding carboxylic acids is 1. The fourth-order valence-corrected chi connectivity index (χ4v) is 6.52. The molecule has 5 atom stereocenters. The van der Waals surface area contributed by atoms with Gasteiger partial charge in [-0.2, -0.15) is 0 Å². The fourth-order valence-electron chi connectivity index (χ4n) is 6.52. The number of hydrogen-bond acceptors (Lipinski definition) is 3. The number of nitrogens with zero attached hydrogens (tertiary/aromatic N) is 3. The van der Waals surface area contributed by atoms with E-state index in [1.165, 1.54) is 24.8 Å². The molecule has 0 radical (unpaired) electrons. The highest BCUT2D eigenvalue weighted by molar-refractivity contribution is 5.77. The highest BCUT2D eigenvalue weighted by Gasteiger charge is 2.60. The van der Waals surface area contributed by atoms with Crippen molar-refractivity contribution < 1.29 is 4.79 Å². The Balaban J connectivity index is 1.46. The third-order valence-corrected chi connectivity index (χ3v) is 8.01. The molecule has 1 amide bonds. The zero-order chi connectivity index (χ0) is 20.7. The Bertz CT molecular complexity index is 894. The molecule has 5 nitrogen and oxygen atoms in total. The lowest BCUT2D eigenvalue weighted by Gasteiger charge is -2.43. The summed E-state index contributed by atoms with van der Waals surface area (Å²) < 4.78 is 2.04. The number of fused-ring (bicyclic) bond motifs is 1. The van der Waals surface area contributed by atoms with Gasteiger partial charge in [-0.3, -0.25) is 4.79 Å². The van der Waals surface area contributed by atoms with Crippen molar-refractivity contribution in [1.82, 2.24) is 19.8 Å². The van der Waals surface area contributed by atoms with Crippen LogP contribution in [-0.4, -0.2) is 44.5 Å². The van der Waals surface area contributed by atoms with E-state index in [4.69, 9.17) is 0 Å². The Morgan fingerprint density at radius 1 is 1.23 bits per heavy atom. The first-order valence-electron chi connectivity index (χ1n) is 11.7. The second-order valence-electron chi connectivity index (χ2n) is 9.72. The van der Waals surface area contributed by atoms with Gasteiger partial charge in [0.1, 0.15) is 12.4 Å². The number of nitrogens with one attached hydrogen (secondary N) is 1. The monoisotopic (exact) mass is 406 g/mol. The van der Waals surface area contributed by atoms with Crippen LogP contribution in [0.4, 0.5) is 0 Å². The zero-order valence-electron chi connectivity index (χ0n) is 18.3. The third kappa shape index (κ3) is 3.27. The van der Waals surface area contributed by atoms with Crippen LogP contribution in [-0.2, 0) is 24.2 Å². The van der Waals surface area contributed by atoms with Gasteiger partial charge in [-0.25, -0.2) is 4.98 Å². The van der Waals surface area contributed by atoms with E-state index in [-0.39, 0.29) is 17.4 Å². The molecular weight excluding hydrogens is 372 g/mol. The van der Waals surface area contributed by atoms with E-state index < -0.39 is 0 Å². The average molecular weight is 407 g/mol. The summed E-state index contributed by atoms with van der Waals surface area (Å²) in [6, 6.07) is 12.2. The minimum atomic E-state index is 0.187. The minimum absolute atomic E-state index is 0.187. The predicted molar refractivity (Wildman–Crippen MR) is 118 cm³/mol. The van der Waals surface area contributed by atoms with Gasteiger partial charge in [-0.1, -0.05) is 57.0 Å². The van der Waals surface area contributed by atoms with Crippen LogP contribution >= 0.6 is 0 Å². The van der Waals surface area contributed by atoms with Crippen LogP contribution in [0.3, 0.4) is 0 Å². The Hall–Kier alpha value is -2.14. The maximum Gasteiger partial charge on any atom is 0.243 e. The number of carbonyl (C=O) groups is 1. The van der Waals surface area contributed by atoms with Gasteiger partial charge in [-0.05, 0) is 31.2 Å². The lowest BCUT2D eigenvalue weighted by Crippen LogP contribution is -2.57.